The van der Waals surface area contributed by atoms with Gasteiger partial charge in [0.1, 0.15) is 10.5 Å². The zero-order chi connectivity index (χ0) is 14.8. The van der Waals surface area contributed by atoms with Gasteiger partial charge in [0.2, 0.25) is 0 Å². The Morgan fingerprint density at radius 3 is 2.85 bits per heavy atom. The highest BCUT2D eigenvalue weighted by molar-refractivity contribution is 7.13. The van der Waals surface area contributed by atoms with Crippen molar-refractivity contribution in [3.05, 3.63) is 38.5 Å². The number of nitrogens with zero attached hydrogens (tertiary/aromatic N) is 1. The summed E-state index contributed by atoms with van der Waals surface area (Å²) in [6.45, 7) is 5.96. The van der Waals surface area contributed by atoms with Gasteiger partial charge >= 0.3 is 0 Å². The molecule has 4 nitrogen and oxygen atoms in total. The van der Waals surface area contributed by atoms with Crippen LogP contribution in [0.5, 0.6) is 0 Å². The van der Waals surface area contributed by atoms with Crippen LogP contribution in [-0.4, -0.2) is 22.5 Å². The third kappa shape index (κ3) is 3.45. The number of hydrogen-bond donors (Lipinski definition) is 2. The van der Waals surface area contributed by atoms with Crippen molar-refractivity contribution in [1.29, 1.82) is 0 Å². The SMILES string of the molecule is CC(C)c1ncc(C(=O)NCC(C)(O)c2ccsc2)s1. The number of nitrogens with one attached hydrogen (secondary N) is 1. The molecule has 0 aliphatic rings. The Labute approximate surface area is 126 Å². The Hall–Kier alpha value is -1.24. The number of aliphatic hydroxyl groups is 1. The maximum Gasteiger partial charge on any atom is 0.263 e. The molecule has 0 aliphatic heterocycles. The van der Waals surface area contributed by atoms with E-state index in [1.54, 1.807) is 13.1 Å². The highest BCUT2D eigenvalue weighted by Gasteiger charge is 2.25. The van der Waals surface area contributed by atoms with Crippen LogP contribution < -0.4 is 5.32 Å². The maximum atomic E-state index is 12.0. The molecule has 1 amide bonds. The Morgan fingerprint density at radius 2 is 2.30 bits per heavy atom. The first-order valence-electron chi connectivity index (χ1n) is 6.39. The number of hydrogen-bond acceptors (Lipinski definition) is 5. The average Bonchev–Trinajstić information content (AvgIpc) is 3.06. The fourth-order valence-corrected chi connectivity index (χ4v) is 3.29. The summed E-state index contributed by atoms with van der Waals surface area (Å²) in [4.78, 5) is 16.9. The lowest BCUT2D eigenvalue weighted by Gasteiger charge is -2.22. The van der Waals surface area contributed by atoms with Crippen LogP contribution >= 0.6 is 22.7 Å². The summed E-state index contributed by atoms with van der Waals surface area (Å²) in [6, 6.07) is 1.86. The van der Waals surface area contributed by atoms with Crippen molar-refractivity contribution in [2.24, 2.45) is 0 Å². The summed E-state index contributed by atoms with van der Waals surface area (Å²) in [6.07, 6.45) is 1.59. The fraction of sp³-hybridized carbons (Fsp3) is 0.429. The normalized spacial score (nSPS) is 14.2. The topological polar surface area (TPSA) is 62.2 Å². The van der Waals surface area contributed by atoms with Gasteiger partial charge in [-0.3, -0.25) is 4.79 Å². The lowest BCUT2D eigenvalue weighted by molar-refractivity contribution is 0.0531. The smallest absolute Gasteiger partial charge is 0.263 e. The molecular weight excluding hydrogens is 292 g/mol. The van der Waals surface area contributed by atoms with Crippen LogP contribution in [-0.2, 0) is 5.60 Å². The lowest BCUT2D eigenvalue weighted by Crippen LogP contribution is -2.38. The maximum absolute atomic E-state index is 12.0. The van der Waals surface area contributed by atoms with Gasteiger partial charge < -0.3 is 10.4 Å². The van der Waals surface area contributed by atoms with E-state index in [2.05, 4.69) is 10.3 Å². The zero-order valence-electron chi connectivity index (χ0n) is 11.7. The number of rotatable bonds is 5. The molecule has 6 heteroatoms. The van der Waals surface area contributed by atoms with E-state index in [1.165, 1.54) is 22.7 Å². The van der Waals surface area contributed by atoms with Gasteiger partial charge in [-0.25, -0.2) is 4.98 Å². The fourth-order valence-electron chi connectivity index (χ4n) is 1.67. The van der Waals surface area contributed by atoms with Crippen LogP contribution in [0.15, 0.2) is 23.0 Å². The van der Waals surface area contributed by atoms with Crippen LogP contribution in [0.4, 0.5) is 0 Å². The number of amides is 1. The van der Waals surface area contributed by atoms with E-state index in [1.807, 2.05) is 30.7 Å². The Morgan fingerprint density at radius 1 is 1.55 bits per heavy atom. The highest BCUT2D eigenvalue weighted by atomic mass is 32.1. The summed E-state index contributed by atoms with van der Waals surface area (Å²) in [5, 5.41) is 17.8. The molecule has 2 rings (SSSR count). The number of aromatic nitrogens is 1. The standard InChI is InChI=1S/C14H18N2O2S2/c1-9(2)13-15-6-11(20-13)12(17)16-8-14(3,18)10-4-5-19-7-10/h4-7,9,18H,8H2,1-3H3,(H,16,17). The summed E-state index contributed by atoms with van der Waals surface area (Å²) in [7, 11) is 0. The molecule has 108 valence electrons. The molecule has 2 N–H and O–H groups in total. The van der Waals surface area contributed by atoms with Gasteiger partial charge in [0.25, 0.3) is 5.91 Å². The molecular formula is C14H18N2O2S2. The number of carbonyl (C=O) groups is 1. The summed E-state index contributed by atoms with van der Waals surface area (Å²) in [5.74, 6) is 0.125. The Bertz CT molecular complexity index is 574. The van der Waals surface area contributed by atoms with Crippen molar-refractivity contribution in [3.8, 4) is 0 Å². The molecule has 0 bridgehead atoms. The minimum atomic E-state index is -1.05. The predicted molar refractivity (Wildman–Crippen MR) is 82.4 cm³/mol. The number of carbonyl (C=O) groups excluding carboxylic acids is 1. The Kier molecular flexibility index (Phi) is 4.57. The van der Waals surface area contributed by atoms with E-state index >= 15 is 0 Å². The molecule has 2 aromatic rings. The average molecular weight is 310 g/mol. The first-order valence-corrected chi connectivity index (χ1v) is 8.15. The largest absolute Gasteiger partial charge is 0.384 e. The molecule has 2 aromatic heterocycles. The second-order valence-electron chi connectivity index (χ2n) is 5.19. The molecule has 0 aliphatic carbocycles. The number of thiazole rings is 1. The molecule has 2 heterocycles. The van der Waals surface area contributed by atoms with Gasteiger partial charge in [-0.05, 0) is 29.3 Å². The van der Waals surface area contributed by atoms with E-state index in [0.29, 0.717) is 10.8 Å². The van der Waals surface area contributed by atoms with Crippen molar-refractivity contribution < 1.29 is 9.90 Å². The van der Waals surface area contributed by atoms with E-state index < -0.39 is 5.60 Å². The van der Waals surface area contributed by atoms with Gasteiger partial charge in [-0.15, -0.1) is 11.3 Å². The van der Waals surface area contributed by atoms with Crippen LogP contribution in [0.2, 0.25) is 0 Å². The van der Waals surface area contributed by atoms with Gasteiger partial charge in [-0.1, -0.05) is 13.8 Å². The highest BCUT2D eigenvalue weighted by Crippen LogP contribution is 2.23. The van der Waals surface area contributed by atoms with Crippen LogP contribution in [0.1, 0.15) is 46.9 Å². The van der Waals surface area contributed by atoms with Crippen LogP contribution in [0.3, 0.4) is 0 Å². The first kappa shape index (κ1) is 15.2. The minimum absolute atomic E-state index is 0.178. The summed E-state index contributed by atoms with van der Waals surface area (Å²) >= 11 is 2.92. The Balaban J connectivity index is 1.98. The van der Waals surface area contributed by atoms with E-state index in [9.17, 15) is 9.90 Å². The predicted octanol–water partition coefficient (Wildman–Crippen LogP) is 2.97. The molecule has 0 aromatic carbocycles. The van der Waals surface area contributed by atoms with Crippen molar-refractivity contribution in [2.45, 2.75) is 32.3 Å². The molecule has 0 saturated carbocycles. The molecule has 20 heavy (non-hydrogen) atoms. The van der Waals surface area contributed by atoms with Crippen molar-refractivity contribution >= 4 is 28.6 Å². The van der Waals surface area contributed by atoms with E-state index in [4.69, 9.17) is 0 Å². The first-order chi connectivity index (χ1) is 9.40. The minimum Gasteiger partial charge on any atom is -0.384 e. The second kappa shape index (κ2) is 6.03. The molecule has 1 atom stereocenters. The van der Waals surface area contributed by atoms with Crippen LogP contribution in [0.25, 0.3) is 0 Å². The van der Waals surface area contributed by atoms with Gasteiger partial charge in [0, 0.05) is 5.92 Å². The van der Waals surface area contributed by atoms with Gasteiger partial charge in [-0.2, -0.15) is 11.3 Å². The molecule has 0 fully saturated rings. The van der Waals surface area contributed by atoms with Gasteiger partial charge in [0.05, 0.1) is 17.7 Å². The van der Waals surface area contributed by atoms with Crippen molar-refractivity contribution in [3.63, 3.8) is 0 Å². The number of thiophene rings is 1. The van der Waals surface area contributed by atoms with Crippen molar-refractivity contribution in [1.82, 2.24) is 10.3 Å². The van der Waals surface area contributed by atoms with Gasteiger partial charge in [0.15, 0.2) is 0 Å². The lowest BCUT2D eigenvalue weighted by atomic mass is 9.99. The summed E-state index contributed by atoms with van der Waals surface area (Å²) < 4.78 is 0. The van der Waals surface area contributed by atoms with E-state index in [0.717, 1.165) is 10.6 Å². The monoisotopic (exact) mass is 310 g/mol. The van der Waals surface area contributed by atoms with E-state index in [-0.39, 0.29) is 12.5 Å². The quantitative estimate of drug-likeness (QED) is 0.892. The zero-order valence-corrected chi connectivity index (χ0v) is 13.3. The van der Waals surface area contributed by atoms with Crippen molar-refractivity contribution in [2.75, 3.05) is 6.54 Å². The summed E-state index contributed by atoms with van der Waals surface area (Å²) in [5.41, 5.74) is -0.240. The molecule has 1 unspecified atom stereocenters. The molecule has 0 spiro atoms. The molecule has 0 saturated heterocycles. The van der Waals surface area contributed by atoms with Crippen LogP contribution in [0, 0.1) is 0 Å². The molecule has 0 radical (unpaired) electrons. The second-order valence-corrected chi connectivity index (χ2v) is 7.03. The third-order valence-electron chi connectivity index (χ3n) is 2.98. The third-order valence-corrected chi connectivity index (χ3v) is 4.96.